The van der Waals surface area contributed by atoms with E-state index in [9.17, 15) is 0 Å². The molecule has 0 saturated heterocycles. The summed E-state index contributed by atoms with van der Waals surface area (Å²) in [7, 11) is 0. The lowest BCUT2D eigenvalue weighted by Crippen LogP contribution is -2.37. The fourth-order valence-corrected chi connectivity index (χ4v) is 1.90. The lowest BCUT2D eigenvalue weighted by molar-refractivity contribution is -0.0203. The van der Waals surface area contributed by atoms with Crippen LogP contribution in [-0.2, 0) is 11.2 Å². The molecule has 0 amide bonds. The summed E-state index contributed by atoms with van der Waals surface area (Å²) in [6, 6.07) is 0. The third kappa shape index (κ3) is 5.59. The highest BCUT2D eigenvalue weighted by molar-refractivity contribution is 4.97. The molecule has 1 atom stereocenters. The summed E-state index contributed by atoms with van der Waals surface area (Å²) in [6.45, 7) is 16.2. The van der Waals surface area contributed by atoms with E-state index in [1.54, 1.807) is 0 Å². The molecule has 5 heteroatoms. The molecule has 5 nitrogen and oxygen atoms in total. The Morgan fingerprint density at radius 2 is 1.85 bits per heavy atom. The van der Waals surface area contributed by atoms with Gasteiger partial charge < -0.3 is 14.6 Å². The molecule has 0 saturated carbocycles. The van der Waals surface area contributed by atoms with Crippen molar-refractivity contribution in [2.45, 2.75) is 66.5 Å². The SMILES string of the molecule is CCOC(c1noc(CCNC(C)(C)C)n1)C(C)(C)C. The number of rotatable bonds is 6. The molecule has 0 spiro atoms. The van der Waals surface area contributed by atoms with Crippen molar-refractivity contribution >= 4 is 0 Å². The highest BCUT2D eigenvalue weighted by atomic mass is 16.5. The van der Waals surface area contributed by atoms with Crippen LogP contribution in [-0.4, -0.2) is 28.8 Å². The number of hydrogen-bond donors (Lipinski definition) is 1. The Morgan fingerprint density at radius 1 is 1.20 bits per heavy atom. The molecule has 0 radical (unpaired) electrons. The lowest BCUT2D eigenvalue weighted by atomic mass is 9.88. The van der Waals surface area contributed by atoms with Gasteiger partial charge in [-0.1, -0.05) is 25.9 Å². The molecule has 0 aliphatic rings. The highest BCUT2D eigenvalue weighted by Gasteiger charge is 2.31. The minimum absolute atomic E-state index is 0.0547. The monoisotopic (exact) mass is 283 g/mol. The molecule has 1 unspecified atom stereocenters. The van der Waals surface area contributed by atoms with Crippen molar-refractivity contribution in [3.05, 3.63) is 11.7 Å². The molecular weight excluding hydrogens is 254 g/mol. The third-order valence-electron chi connectivity index (χ3n) is 2.83. The maximum Gasteiger partial charge on any atom is 0.228 e. The van der Waals surface area contributed by atoms with Crippen LogP contribution in [0.4, 0.5) is 0 Å². The smallest absolute Gasteiger partial charge is 0.228 e. The highest BCUT2D eigenvalue weighted by Crippen LogP contribution is 2.34. The summed E-state index contributed by atoms with van der Waals surface area (Å²) in [4.78, 5) is 4.47. The van der Waals surface area contributed by atoms with Gasteiger partial charge in [0, 0.05) is 25.1 Å². The maximum absolute atomic E-state index is 5.76. The van der Waals surface area contributed by atoms with Crippen LogP contribution >= 0.6 is 0 Å². The minimum Gasteiger partial charge on any atom is -0.370 e. The summed E-state index contributed by atoms with van der Waals surface area (Å²) >= 11 is 0. The van der Waals surface area contributed by atoms with Gasteiger partial charge in [-0.2, -0.15) is 4.98 Å². The van der Waals surface area contributed by atoms with Crippen LogP contribution in [0.2, 0.25) is 0 Å². The molecule has 0 aliphatic carbocycles. The van der Waals surface area contributed by atoms with E-state index in [2.05, 4.69) is 57.0 Å². The van der Waals surface area contributed by atoms with E-state index in [1.807, 2.05) is 6.92 Å². The number of nitrogens with zero attached hydrogens (tertiary/aromatic N) is 2. The zero-order chi connectivity index (χ0) is 15.4. The maximum atomic E-state index is 5.76. The van der Waals surface area contributed by atoms with Gasteiger partial charge in [0.1, 0.15) is 6.10 Å². The fourth-order valence-electron chi connectivity index (χ4n) is 1.90. The standard InChI is InChI=1S/C15H29N3O2/c1-8-19-12(14(2,3)4)13-17-11(20-18-13)9-10-16-15(5,6)7/h12,16H,8-10H2,1-7H3. The van der Waals surface area contributed by atoms with Crippen LogP contribution in [0.15, 0.2) is 4.52 Å². The average Bonchev–Trinajstić information content (AvgIpc) is 2.70. The Morgan fingerprint density at radius 3 is 2.35 bits per heavy atom. The molecule has 1 rings (SSSR count). The molecule has 0 fully saturated rings. The molecule has 1 aromatic rings. The summed E-state index contributed by atoms with van der Waals surface area (Å²) in [5.41, 5.74) is 0.0446. The van der Waals surface area contributed by atoms with Gasteiger partial charge in [-0.25, -0.2) is 0 Å². The van der Waals surface area contributed by atoms with Crippen molar-refractivity contribution in [1.29, 1.82) is 0 Å². The van der Waals surface area contributed by atoms with Gasteiger partial charge in [-0.05, 0) is 33.1 Å². The topological polar surface area (TPSA) is 60.2 Å². The van der Waals surface area contributed by atoms with E-state index in [0.717, 1.165) is 13.0 Å². The van der Waals surface area contributed by atoms with Gasteiger partial charge >= 0.3 is 0 Å². The normalized spacial score (nSPS) is 14.6. The number of nitrogens with one attached hydrogen (secondary N) is 1. The minimum atomic E-state index is -0.138. The van der Waals surface area contributed by atoms with Crippen LogP contribution in [0.3, 0.4) is 0 Å². The van der Waals surface area contributed by atoms with Crippen LogP contribution in [0.25, 0.3) is 0 Å². The van der Waals surface area contributed by atoms with Crippen molar-refractivity contribution in [2.24, 2.45) is 5.41 Å². The molecule has 0 bridgehead atoms. The second kappa shape index (κ2) is 6.68. The van der Waals surface area contributed by atoms with Crippen LogP contribution in [0, 0.1) is 5.41 Å². The Kier molecular flexibility index (Phi) is 5.71. The van der Waals surface area contributed by atoms with Crippen molar-refractivity contribution in [3.8, 4) is 0 Å². The summed E-state index contributed by atoms with van der Waals surface area (Å²) in [6.07, 6.45) is 0.591. The van der Waals surface area contributed by atoms with Crippen molar-refractivity contribution in [3.63, 3.8) is 0 Å². The van der Waals surface area contributed by atoms with Crippen LogP contribution in [0.1, 0.15) is 66.3 Å². The molecule has 1 aromatic heterocycles. The fraction of sp³-hybridized carbons (Fsp3) is 0.867. The van der Waals surface area contributed by atoms with E-state index in [0.29, 0.717) is 18.3 Å². The van der Waals surface area contributed by atoms with Gasteiger partial charge in [0.25, 0.3) is 0 Å². The van der Waals surface area contributed by atoms with Crippen LogP contribution < -0.4 is 5.32 Å². The summed E-state index contributed by atoms with van der Waals surface area (Å²) < 4.78 is 11.1. The summed E-state index contributed by atoms with van der Waals surface area (Å²) in [5, 5.41) is 7.48. The Hall–Kier alpha value is -0.940. The predicted octanol–water partition coefficient (Wildman–Crippen LogP) is 3.12. The molecule has 116 valence electrons. The first-order valence-electron chi connectivity index (χ1n) is 7.32. The molecular formula is C15H29N3O2. The van der Waals surface area contributed by atoms with Gasteiger partial charge in [0.05, 0.1) is 0 Å². The van der Waals surface area contributed by atoms with E-state index in [4.69, 9.17) is 9.26 Å². The quantitative estimate of drug-likeness (QED) is 0.869. The number of aromatic nitrogens is 2. The van der Waals surface area contributed by atoms with Crippen molar-refractivity contribution < 1.29 is 9.26 Å². The van der Waals surface area contributed by atoms with E-state index >= 15 is 0 Å². The van der Waals surface area contributed by atoms with Gasteiger partial charge in [-0.3, -0.25) is 0 Å². The second-order valence-corrected chi connectivity index (χ2v) is 7.17. The Bertz CT molecular complexity index is 402. The zero-order valence-corrected chi connectivity index (χ0v) is 13.9. The number of hydrogen-bond acceptors (Lipinski definition) is 5. The molecule has 1 N–H and O–H groups in total. The van der Waals surface area contributed by atoms with Crippen LogP contribution in [0.5, 0.6) is 0 Å². The van der Waals surface area contributed by atoms with Gasteiger partial charge in [0.15, 0.2) is 0 Å². The number of ether oxygens (including phenoxy) is 1. The molecule has 1 heterocycles. The van der Waals surface area contributed by atoms with E-state index in [1.165, 1.54) is 0 Å². The first-order chi connectivity index (χ1) is 9.13. The lowest BCUT2D eigenvalue weighted by Gasteiger charge is -2.27. The Labute approximate surface area is 122 Å². The first-order valence-corrected chi connectivity index (χ1v) is 7.32. The van der Waals surface area contributed by atoms with Gasteiger partial charge in [-0.15, -0.1) is 0 Å². The van der Waals surface area contributed by atoms with Crippen molar-refractivity contribution in [2.75, 3.05) is 13.2 Å². The van der Waals surface area contributed by atoms with Crippen molar-refractivity contribution in [1.82, 2.24) is 15.5 Å². The van der Waals surface area contributed by atoms with E-state index < -0.39 is 0 Å². The van der Waals surface area contributed by atoms with Gasteiger partial charge in [0.2, 0.25) is 11.7 Å². The Balaban J connectivity index is 2.65. The molecule has 0 aromatic carbocycles. The predicted molar refractivity (Wildman–Crippen MR) is 79.6 cm³/mol. The second-order valence-electron chi connectivity index (χ2n) is 7.17. The molecule has 20 heavy (non-hydrogen) atoms. The third-order valence-corrected chi connectivity index (χ3v) is 2.83. The van der Waals surface area contributed by atoms with E-state index in [-0.39, 0.29) is 17.1 Å². The average molecular weight is 283 g/mol. The summed E-state index contributed by atoms with van der Waals surface area (Å²) in [5.74, 6) is 1.30. The largest absolute Gasteiger partial charge is 0.370 e. The molecule has 0 aliphatic heterocycles. The first kappa shape index (κ1) is 17.1. The zero-order valence-electron chi connectivity index (χ0n) is 13.9.